The quantitative estimate of drug-likeness (QED) is 0.764. The molecule has 1 N–H and O–H groups in total. The number of benzene rings is 2. The van der Waals surface area contributed by atoms with Gasteiger partial charge >= 0.3 is 0 Å². The van der Waals surface area contributed by atoms with E-state index in [-0.39, 0.29) is 11.7 Å². The van der Waals surface area contributed by atoms with Gasteiger partial charge in [-0.25, -0.2) is 0 Å². The highest BCUT2D eigenvalue weighted by molar-refractivity contribution is 6.35. The van der Waals surface area contributed by atoms with Crippen LogP contribution in [0.5, 0.6) is 0 Å². The van der Waals surface area contributed by atoms with Crippen molar-refractivity contribution >= 4 is 29.0 Å². The minimum absolute atomic E-state index is 0.000387. The van der Waals surface area contributed by atoms with Crippen LogP contribution < -0.4 is 5.32 Å². The van der Waals surface area contributed by atoms with Gasteiger partial charge in [-0.1, -0.05) is 41.9 Å². The van der Waals surface area contributed by atoms with Gasteiger partial charge in [0.2, 0.25) is 5.91 Å². The number of ketones is 1. The molecule has 2 aromatic carbocycles. The first kappa shape index (κ1) is 19.2. The van der Waals surface area contributed by atoms with Crippen molar-refractivity contribution in [2.75, 3.05) is 25.0 Å². The molecule has 4 nitrogen and oxygen atoms in total. The van der Waals surface area contributed by atoms with Gasteiger partial charge in [0.25, 0.3) is 0 Å². The van der Waals surface area contributed by atoms with Crippen LogP contribution in [0.15, 0.2) is 42.5 Å². The first-order valence-electron chi connectivity index (χ1n) is 10.0. The van der Waals surface area contributed by atoms with Gasteiger partial charge in [-0.2, -0.15) is 0 Å². The molecule has 0 aromatic heterocycles. The van der Waals surface area contributed by atoms with Crippen LogP contribution in [-0.4, -0.2) is 36.2 Å². The highest BCUT2D eigenvalue weighted by Crippen LogP contribution is 2.32. The third-order valence-corrected chi connectivity index (χ3v) is 6.19. The van der Waals surface area contributed by atoms with Crippen molar-refractivity contribution in [1.29, 1.82) is 0 Å². The summed E-state index contributed by atoms with van der Waals surface area (Å²) < 4.78 is 0. The van der Waals surface area contributed by atoms with Crippen LogP contribution in [0.4, 0.5) is 5.69 Å². The predicted octanol–water partition coefficient (Wildman–Crippen LogP) is 4.36. The fraction of sp³-hybridized carbons (Fsp3) is 0.391. The zero-order chi connectivity index (χ0) is 19.5. The van der Waals surface area contributed by atoms with Gasteiger partial charge in [0.05, 0.1) is 11.6 Å². The van der Waals surface area contributed by atoms with Crippen molar-refractivity contribution in [3.8, 4) is 0 Å². The molecule has 146 valence electrons. The second-order valence-electron chi connectivity index (χ2n) is 7.86. The maximum atomic E-state index is 12.9. The SMILES string of the molecule is O=C1CCc2c(ccc(C(=O)CN3CCCC(Cc4ccccc4)C3)c2Cl)N1. The number of halogens is 1. The Labute approximate surface area is 170 Å². The number of rotatable bonds is 5. The van der Waals surface area contributed by atoms with Crippen molar-refractivity contribution in [1.82, 2.24) is 4.90 Å². The number of piperidine rings is 1. The molecule has 2 aliphatic heterocycles. The number of anilines is 1. The lowest BCUT2D eigenvalue weighted by Gasteiger charge is -2.32. The third kappa shape index (κ3) is 4.29. The Morgan fingerprint density at radius 1 is 1.14 bits per heavy atom. The van der Waals surface area contributed by atoms with E-state index in [2.05, 4.69) is 34.5 Å². The van der Waals surface area contributed by atoms with Crippen LogP contribution in [0, 0.1) is 5.92 Å². The summed E-state index contributed by atoms with van der Waals surface area (Å²) >= 11 is 6.53. The molecular formula is C23H25ClN2O2. The molecule has 0 saturated carbocycles. The van der Waals surface area contributed by atoms with Crippen LogP contribution in [0.25, 0.3) is 0 Å². The molecule has 0 spiro atoms. The summed E-state index contributed by atoms with van der Waals surface area (Å²) in [5.74, 6) is 0.642. The highest BCUT2D eigenvalue weighted by Gasteiger charge is 2.25. The van der Waals surface area contributed by atoms with Gasteiger partial charge in [0.1, 0.15) is 0 Å². The van der Waals surface area contributed by atoms with E-state index in [1.54, 1.807) is 12.1 Å². The van der Waals surface area contributed by atoms with Crippen LogP contribution >= 0.6 is 11.6 Å². The summed E-state index contributed by atoms with van der Waals surface area (Å²) in [5.41, 5.74) is 3.55. The molecule has 2 heterocycles. The molecule has 4 rings (SSSR count). The Bertz CT molecular complexity index is 882. The number of carbonyl (C=O) groups is 2. The fourth-order valence-electron chi connectivity index (χ4n) is 4.35. The standard InChI is InChI=1S/C23H25ClN2O2/c24-23-18-9-11-22(28)25-20(18)10-8-19(23)21(27)15-26-12-4-7-17(14-26)13-16-5-2-1-3-6-16/h1-3,5-6,8,10,17H,4,7,9,11-15H2,(H,25,28). The zero-order valence-corrected chi connectivity index (χ0v) is 16.7. The molecule has 5 heteroatoms. The predicted molar refractivity (Wildman–Crippen MR) is 112 cm³/mol. The average Bonchev–Trinajstić information content (AvgIpc) is 2.69. The Morgan fingerprint density at radius 3 is 2.79 bits per heavy atom. The summed E-state index contributed by atoms with van der Waals surface area (Å²) in [4.78, 5) is 26.7. The van der Waals surface area contributed by atoms with Gasteiger partial charge < -0.3 is 5.32 Å². The van der Waals surface area contributed by atoms with Gasteiger partial charge in [-0.15, -0.1) is 0 Å². The molecule has 1 atom stereocenters. The van der Waals surface area contributed by atoms with Crippen LogP contribution in [0.3, 0.4) is 0 Å². The summed E-state index contributed by atoms with van der Waals surface area (Å²) in [6.07, 6.45) is 4.39. The first-order chi connectivity index (χ1) is 13.6. The molecule has 0 radical (unpaired) electrons. The summed E-state index contributed by atoms with van der Waals surface area (Å²) in [6.45, 7) is 2.30. The molecule has 2 aromatic rings. The molecule has 0 aliphatic carbocycles. The van der Waals surface area contributed by atoms with Crippen molar-refractivity contribution in [3.63, 3.8) is 0 Å². The van der Waals surface area contributed by atoms with Crippen molar-refractivity contribution in [3.05, 3.63) is 64.2 Å². The number of Topliss-reactive ketones (excluding diaryl/α,β-unsaturated/α-hetero) is 1. The number of likely N-dealkylation sites (tertiary alicyclic amines) is 1. The van der Waals surface area contributed by atoms with Crippen LogP contribution in [0.1, 0.15) is 40.7 Å². The van der Waals surface area contributed by atoms with Gasteiger partial charge in [0, 0.05) is 24.2 Å². The smallest absolute Gasteiger partial charge is 0.224 e. The number of hydrogen-bond acceptors (Lipinski definition) is 3. The van der Waals surface area contributed by atoms with E-state index >= 15 is 0 Å². The molecule has 1 amide bonds. The van der Waals surface area contributed by atoms with E-state index in [1.807, 2.05) is 6.07 Å². The number of carbonyl (C=O) groups excluding carboxylic acids is 2. The van der Waals surface area contributed by atoms with E-state index in [1.165, 1.54) is 12.0 Å². The Balaban J connectivity index is 1.41. The normalized spacial score (nSPS) is 19.8. The van der Waals surface area contributed by atoms with Gasteiger partial charge in [-0.05, 0) is 61.4 Å². The molecule has 1 unspecified atom stereocenters. The Hall–Kier alpha value is -2.17. The monoisotopic (exact) mass is 396 g/mol. The maximum Gasteiger partial charge on any atom is 0.224 e. The van der Waals surface area contributed by atoms with Crippen LogP contribution in [-0.2, 0) is 17.6 Å². The van der Waals surface area contributed by atoms with Crippen LogP contribution in [0.2, 0.25) is 5.02 Å². The summed E-state index contributed by atoms with van der Waals surface area (Å²) in [7, 11) is 0. The molecule has 0 bridgehead atoms. The van der Waals surface area contributed by atoms with E-state index in [9.17, 15) is 9.59 Å². The molecule has 2 aliphatic rings. The van der Waals surface area contributed by atoms with Crippen molar-refractivity contribution in [2.45, 2.75) is 32.1 Å². The number of fused-ring (bicyclic) bond motifs is 1. The van der Waals surface area contributed by atoms with E-state index < -0.39 is 0 Å². The number of nitrogens with one attached hydrogen (secondary N) is 1. The number of amides is 1. The first-order valence-corrected chi connectivity index (χ1v) is 10.4. The lowest BCUT2D eigenvalue weighted by atomic mass is 9.91. The van der Waals surface area contributed by atoms with Gasteiger partial charge in [0.15, 0.2) is 5.78 Å². The van der Waals surface area contributed by atoms with E-state index in [4.69, 9.17) is 11.6 Å². The van der Waals surface area contributed by atoms with Crippen molar-refractivity contribution in [2.24, 2.45) is 5.92 Å². The van der Waals surface area contributed by atoms with E-state index in [0.717, 1.165) is 37.2 Å². The third-order valence-electron chi connectivity index (χ3n) is 5.76. The van der Waals surface area contributed by atoms with E-state index in [0.29, 0.717) is 35.9 Å². The Morgan fingerprint density at radius 2 is 1.96 bits per heavy atom. The minimum Gasteiger partial charge on any atom is -0.326 e. The topological polar surface area (TPSA) is 49.4 Å². The number of hydrogen-bond donors (Lipinski definition) is 1. The van der Waals surface area contributed by atoms with Crippen molar-refractivity contribution < 1.29 is 9.59 Å². The number of nitrogens with zero attached hydrogens (tertiary/aromatic N) is 1. The fourth-order valence-corrected chi connectivity index (χ4v) is 4.71. The Kier molecular flexibility index (Phi) is 5.79. The molecule has 1 fully saturated rings. The second-order valence-corrected chi connectivity index (χ2v) is 8.24. The van der Waals surface area contributed by atoms with Gasteiger partial charge in [-0.3, -0.25) is 14.5 Å². The lowest BCUT2D eigenvalue weighted by Crippen LogP contribution is -2.39. The summed E-state index contributed by atoms with van der Waals surface area (Å²) in [6, 6.07) is 14.1. The minimum atomic E-state index is 0.000387. The largest absolute Gasteiger partial charge is 0.326 e. The summed E-state index contributed by atoms with van der Waals surface area (Å²) in [5, 5.41) is 3.33. The maximum absolute atomic E-state index is 12.9. The molecule has 28 heavy (non-hydrogen) atoms. The molecular weight excluding hydrogens is 372 g/mol. The molecule has 1 saturated heterocycles. The highest BCUT2D eigenvalue weighted by atomic mass is 35.5. The zero-order valence-electron chi connectivity index (χ0n) is 15.9. The average molecular weight is 397 g/mol. The second kappa shape index (κ2) is 8.46. The lowest BCUT2D eigenvalue weighted by molar-refractivity contribution is -0.116.